The van der Waals surface area contributed by atoms with Crippen LogP contribution in [0, 0.1) is 23.6 Å². The molecule has 0 radical (unpaired) electrons. The first-order valence-electron chi connectivity index (χ1n) is 7.40. The maximum Gasteiger partial charge on any atom is 0.135 e. The van der Waals surface area contributed by atoms with Crippen molar-refractivity contribution in [3.63, 3.8) is 0 Å². The van der Waals surface area contributed by atoms with Gasteiger partial charge in [-0.2, -0.15) is 0 Å². The normalized spacial score (nSPS) is 29.4. The van der Waals surface area contributed by atoms with E-state index in [1.165, 1.54) is 31.7 Å². The molecular weight excluding hydrogens is 271 g/mol. The quantitative estimate of drug-likeness (QED) is 0.831. The molecule has 0 aromatic heterocycles. The van der Waals surface area contributed by atoms with E-state index in [0.29, 0.717) is 11.6 Å². The average molecular weight is 292 g/mol. The van der Waals surface area contributed by atoms with Crippen molar-refractivity contribution in [2.75, 3.05) is 5.32 Å². The van der Waals surface area contributed by atoms with Gasteiger partial charge in [0.25, 0.3) is 0 Å². The smallest absolute Gasteiger partial charge is 0.135 e. The molecule has 2 nitrogen and oxygen atoms in total. The van der Waals surface area contributed by atoms with Gasteiger partial charge in [0, 0.05) is 17.3 Å². The van der Waals surface area contributed by atoms with Crippen molar-refractivity contribution in [1.29, 1.82) is 0 Å². The van der Waals surface area contributed by atoms with E-state index in [1.54, 1.807) is 6.07 Å². The van der Waals surface area contributed by atoms with Gasteiger partial charge in [0.05, 0.1) is 0 Å². The van der Waals surface area contributed by atoms with Crippen LogP contribution in [0.3, 0.4) is 0 Å². The number of nitrogens with one attached hydrogen (secondary N) is 1. The molecule has 1 aromatic rings. The Hall–Kier alpha value is -1.16. The zero-order chi connectivity index (χ0) is 14.3. The van der Waals surface area contributed by atoms with Gasteiger partial charge in [-0.25, -0.2) is 4.39 Å². The lowest BCUT2D eigenvalue weighted by Gasteiger charge is -2.29. The van der Waals surface area contributed by atoms with Gasteiger partial charge in [0.2, 0.25) is 0 Å². The van der Waals surface area contributed by atoms with Crippen LogP contribution in [-0.2, 0) is 0 Å². The number of nitrogens with two attached hydrogens (primary N) is 1. The lowest BCUT2D eigenvalue weighted by Crippen LogP contribution is -2.30. The topological polar surface area (TPSA) is 38.0 Å². The molecule has 0 amide bonds. The zero-order valence-electron chi connectivity index (χ0n) is 11.7. The van der Waals surface area contributed by atoms with Crippen molar-refractivity contribution in [3.05, 3.63) is 29.6 Å². The number of anilines is 1. The second-order valence-corrected chi connectivity index (χ2v) is 6.77. The molecule has 1 aromatic carbocycles. The van der Waals surface area contributed by atoms with E-state index >= 15 is 0 Å². The number of halogens is 1. The molecule has 2 aliphatic carbocycles. The maximum atomic E-state index is 13.9. The second-order valence-electron chi connectivity index (χ2n) is 6.33. The summed E-state index contributed by atoms with van der Waals surface area (Å²) in [5, 5.41) is 3.45. The highest BCUT2D eigenvalue weighted by atomic mass is 32.1. The fourth-order valence-electron chi connectivity index (χ4n) is 4.08. The third-order valence-corrected chi connectivity index (χ3v) is 5.28. The van der Waals surface area contributed by atoms with Crippen LogP contribution in [0.5, 0.6) is 0 Å². The van der Waals surface area contributed by atoms with Crippen LogP contribution in [-0.4, -0.2) is 11.0 Å². The highest BCUT2D eigenvalue weighted by molar-refractivity contribution is 7.80. The molecule has 0 spiro atoms. The van der Waals surface area contributed by atoms with Gasteiger partial charge in [-0.05, 0) is 62.1 Å². The molecule has 4 atom stereocenters. The minimum atomic E-state index is -0.345. The predicted octanol–water partition coefficient (Wildman–Crippen LogP) is 3.70. The van der Waals surface area contributed by atoms with E-state index in [0.717, 1.165) is 23.4 Å². The second kappa shape index (κ2) is 5.32. The number of thiocarbonyl (C=S) groups is 1. The molecule has 2 aliphatic rings. The van der Waals surface area contributed by atoms with Gasteiger partial charge in [-0.1, -0.05) is 18.6 Å². The minimum Gasteiger partial charge on any atom is -0.389 e. The largest absolute Gasteiger partial charge is 0.389 e. The summed E-state index contributed by atoms with van der Waals surface area (Å²) in [5.41, 5.74) is 6.61. The fourth-order valence-corrected chi connectivity index (χ4v) is 4.25. The molecule has 0 heterocycles. The van der Waals surface area contributed by atoms with E-state index in [-0.39, 0.29) is 10.8 Å². The minimum absolute atomic E-state index is 0.107. The van der Waals surface area contributed by atoms with Crippen molar-refractivity contribution in [1.82, 2.24) is 0 Å². The van der Waals surface area contributed by atoms with E-state index in [1.807, 2.05) is 6.07 Å². The van der Waals surface area contributed by atoms with Gasteiger partial charge in [0.15, 0.2) is 0 Å². The van der Waals surface area contributed by atoms with Crippen LogP contribution >= 0.6 is 12.2 Å². The first-order chi connectivity index (χ1) is 9.54. The Balaban J connectivity index is 1.68. The highest BCUT2D eigenvalue weighted by Gasteiger charge is 2.41. The molecule has 3 rings (SSSR count). The first kappa shape index (κ1) is 13.8. The summed E-state index contributed by atoms with van der Waals surface area (Å²) in [4.78, 5) is 0.107. The van der Waals surface area contributed by atoms with Crippen LogP contribution in [0.1, 0.15) is 38.2 Å². The SMILES string of the molecule is CC(Nc1ccc(C(N)=S)c(F)c1)C1CC2CCC1C2. The third kappa shape index (κ3) is 2.53. The summed E-state index contributed by atoms with van der Waals surface area (Å²) in [5.74, 6) is 2.18. The lowest BCUT2D eigenvalue weighted by atomic mass is 9.84. The Kier molecular flexibility index (Phi) is 3.67. The van der Waals surface area contributed by atoms with Crippen molar-refractivity contribution in [2.45, 2.75) is 38.6 Å². The molecule has 3 N–H and O–H groups in total. The summed E-state index contributed by atoms with van der Waals surface area (Å²) in [6.45, 7) is 2.21. The standard InChI is InChI=1S/C16H21FN2S/c1-9(14-7-10-2-3-11(14)6-10)19-12-4-5-13(16(18)20)15(17)8-12/h4-5,8-11,14,19H,2-3,6-7H2,1H3,(H2,18,20). The molecule has 4 heteroatoms. The van der Waals surface area contributed by atoms with Crippen LogP contribution in [0.25, 0.3) is 0 Å². The van der Waals surface area contributed by atoms with Gasteiger partial charge in [0.1, 0.15) is 10.8 Å². The average Bonchev–Trinajstić information content (AvgIpc) is 3.00. The van der Waals surface area contributed by atoms with Gasteiger partial charge in [-0.15, -0.1) is 0 Å². The summed E-state index contributed by atoms with van der Waals surface area (Å²) < 4.78 is 13.9. The van der Waals surface area contributed by atoms with Crippen molar-refractivity contribution in [2.24, 2.45) is 23.5 Å². The fraction of sp³-hybridized carbons (Fsp3) is 0.562. The van der Waals surface area contributed by atoms with Crippen LogP contribution in [0.15, 0.2) is 18.2 Å². The zero-order valence-corrected chi connectivity index (χ0v) is 12.5. The molecule has 2 saturated carbocycles. The van der Waals surface area contributed by atoms with Crippen LogP contribution in [0.4, 0.5) is 10.1 Å². The number of hydrogen-bond donors (Lipinski definition) is 2. The van der Waals surface area contributed by atoms with E-state index < -0.39 is 0 Å². The van der Waals surface area contributed by atoms with E-state index in [9.17, 15) is 4.39 Å². The van der Waals surface area contributed by atoms with Gasteiger partial charge < -0.3 is 11.1 Å². The van der Waals surface area contributed by atoms with E-state index in [4.69, 9.17) is 18.0 Å². The van der Waals surface area contributed by atoms with Crippen LogP contribution in [0.2, 0.25) is 0 Å². The Morgan fingerprint density at radius 1 is 1.40 bits per heavy atom. The Morgan fingerprint density at radius 3 is 2.75 bits per heavy atom. The predicted molar refractivity (Wildman–Crippen MR) is 84.3 cm³/mol. The third-order valence-electron chi connectivity index (χ3n) is 5.06. The van der Waals surface area contributed by atoms with Crippen molar-refractivity contribution < 1.29 is 4.39 Å². The highest BCUT2D eigenvalue weighted by Crippen LogP contribution is 2.49. The van der Waals surface area contributed by atoms with Crippen LogP contribution < -0.4 is 11.1 Å². The number of fused-ring (bicyclic) bond motifs is 2. The molecule has 0 saturated heterocycles. The van der Waals surface area contributed by atoms with Crippen molar-refractivity contribution in [3.8, 4) is 0 Å². The monoisotopic (exact) mass is 292 g/mol. The first-order valence-corrected chi connectivity index (χ1v) is 7.81. The molecule has 4 unspecified atom stereocenters. The van der Waals surface area contributed by atoms with Gasteiger partial charge >= 0.3 is 0 Å². The Bertz CT molecular complexity index is 531. The molecule has 2 bridgehead atoms. The Morgan fingerprint density at radius 2 is 2.20 bits per heavy atom. The Labute approximate surface area is 124 Å². The molecular formula is C16H21FN2S. The van der Waals surface area contributed by atoms with E-state index in [2.05, 4.69) is 12.2 Å². The summed E-state index contributed by atoms with van der Waals surface area (Å²) in [6, 6.07) is 5.41. The summed E-state index contributed by atoms with van der Waals surface area (Å²) >= 11 is 4.82. The molecule has 2 fully saturated rings. The maximum absolute atomic E-state index is 13.9. The van der Waals surface area contributed by atoms with Gasteiger partial charge in [-0.3, -0.25) is 0 Å². The lowest BCUT2D eigenvalue weighted by molar-refractivity contribution is 0.304. The summed E-state index contributed by atoms with van der Waals surface area (Å²) in [6.07, 6.45) is 5.50. The molecule has 108 valence electrons. The number of hydrogen-bond acceptors (Lipinski definition) is 2. The number of rotatable bonds is 4. The molecule has 0 aliphatic heterocycles. The number of benzene rings is 1. The summed E-state index contributed by atoms with van der Waals surface area (Å²) in [7, 11) is 0. The van der Waals surface area contributed by atoms with Crippen molar-refractivity contribution >= 4 is 22.9 Å². The molecule has 20 heavy (non-hydrogen) atoms.